The van der Waals surface area contributed by atoms with Crippen molar-refractivity contribution < 1.29 is 9.13 Å². The summed E-state index contributed by atoms with van der Waals surface area (Å²) < 4.78 is 18.7. The Morgan fingerprint density at radius 1 is 1.50 bits per heavy atom. The molecule has 3 heteroatoms. The van der Waals surface area contributed by atoms with Gasteiger partial charge < -0.3 is 10.5 Å². The van der Waals surface area contributed by atoms with Crippen LogP contribution in [0.5, 0.6) is 5.75 Å². The lowest BCUT2D eigenvalue weighted by molar-refractivity contribution is 0.296. The highest BCUT2D eigenvalue weighted by atomic mass is 19.1. The third-order valence-corrected chi connectivity index (χ3v) is 1.94. The summed E-state index contributed by atoms with van der Waals surface area (Å²) in [4.78, 5) is 0. The number of hydrogen-bond donors (Lipinski definition) is 1. The van der Waals surface area contributed by atoms with E-state index < -0.39 is 0 Å². The van der Waals surface area contributed by atoms with Gasteiger partial charge in [-0.1, -0.05) is 19.1 Å². The highest BCUT2D eigenvalue weighted by Crippen LogP contribution is 2.26. The number of rotatable bonds is 4. The van der Waals surface area contributed by atoms with Crippen LogP contribution in [0.2, 0.25) is 0 Å². The maximum absolute atomic E-state index is 13.4. The highest BCUT2D eigenvalue weighted by Gasteiger charge is 2.12. The first kappa shape index (κ1) is 11.0. The Balaban J connectivity index is 2.96. The minimum absolute atomic E-state index is 0.211. The van der Waals surface area contributed by atoms with Crippen molar-refractivity contribution in [2.75, 3.05) is 6.61 Å². The second-order valence-corrected chi connectivity index (χ2v) is 3.30. The molecule has 2 N–H and O–H groups in total. The van der Waals surface area contributed by atoms with Crippen LogP contribution < -0.4 is 10.5 Å². The van der Waals surface area contributed by atoms with Crippen molar-refractivity contribution in [3.8, 4) is 5.75 Å². The summed E-state index contributed by atoms with van der Waals surface area (Å²) in [6.07, 6.45) is 0.854. The van der Waals surface area contributed by atoms with E-state index in [0.29, 0.717) is 12.4 Å². The van der Waals surface area contributed by atoms with E-state index >= 15 is 0 Å². The van der Waals surface area contributed by atoms with E-state index in [-0.39, 0.29) is 11.9 Å². The molecule has 1 unspecified atom stereocenters. The molecular formula is C11H16FNO. The molecule has 0 saturated carbocycles. The van der Waals surface area contributed by atoms with Crippen molar-refractivity contribution >= 4 is 0 Å². The first-order chi connectivity index (χ1) is 6.66. The van der Waals surface area contributed by atoms with Gasteiger partial charge in [-0.3, -0.25) is 0 Å². The Bertz CT molecular complexity index is 299. The number of benzene rings is 1. The van der Waals surface area contributed by atoms with Crippen LogP contribution in [-0.4, -0.2) is 6.61 Å². The molecule has 1 atom stereocenters. The Kier molecular flexibility index (Phi) is 3.89. The summed E-state index contributed by atoms with van der Waals surface area (Å²) in [5, 5.41) is 0. The van der Waals surface area contributed by atoms with Gasteiger partial charge in [-0.05, 0) is 19.4 Å². The smallest absolute Gasteiger partial charge is 0.165 e. The molecule has 0 bridgehead atoms. The van der Waals surface area contributed by atoms with Crippen molar-refractivity contribution in [2.45, 2.75) is 26.3 Å². The highest BCUT2D eigenvalue weighted by molar-refractivity contribution is 5.36. The normalized spacial score (nSPS) is 12.6. The Morgan fingerprint density at radius 2 is 2.21 bits per heavy atom. The summed E-state index contributed by atoms with van der Waals surface area (Å²) in [5.41, 5.74) is 6.43. The Morgan fingerprint density at radius 3 is 2.79 bits per heavy atom. The van der Waals surface area contributed by atoms with Crippen LogP contribution in [0.3, 0.4) is 0 Å². The summed E-state index contributed by atoms with van der Waals surface area (Å²) in [5.74, 6) is -0.0439. The molecule has 0 spiro atoms. The molecule has 14 heavy (non-hydrogen) atoms. The molecule has 0 amide bonds. The molecule has 0 radical (unpaired) electrons. The predicted molar refractivity (Wildman–Crippen MR) is 54.8 cm³/mol. The van der Waals surface area contributed by atoms with Crippen molar-refractivity contribution in [1.82, 2.24) is 0 Å². The van der Waals surface area contributed by atoms with E-state index in [1.165, 1.54) is 6.07 Å². The average molecular weight is 197 g/mol. The van der Waals surface area contributed by atoms with Gasteiger partial charge in [0.2, 0.25) is 0 Å². The minimum Gasteiger partial charge on any atom is -0.490 e. The number of halogens is 1. The van der Waals surface area contributed by atoms with Crippen LogP contribution in [0.4, 0.5) is 4.39 Å². The maximum Gasteiger partial charge on any atom is 0.165 e. The van der Waals surface area contributed by atoms with Gasteiger partial charge in [-0.2, -0.15) is 0 Å². The first-order valence-corrected chi connectivity index (χ1v) is 4.83. The Hall–Kier alpha value is -1.09. The van der Waals surface area contributed by atoms with Crippen LogP contribution in [0, 0.1) is 5.82 Å². The zero-order chi connectivity index (χ0) is 10.6. The lowest BCUT2D eigenvalue weighted by atomic mass is 10.1. The zero-order valence-corrected chi connectivity index (χ0v) is 8.59. The third-order valence-electron chi connectivity index (χ3n) is 1.94. The van der Waals surface area contributed by atoms with E-state index in [2.05, 4.69) is 0 Å². The fourth-order valence-corrected chi connectivity index (χ4v) is 1.24. The monoisotopic (exact) mass is 197 g/mol. The van der Waals surface area contributed by atoms with Crippen LogP contribution >= 0.6 is 0 Å². The van der Waals surface area contributed by atoms with Gasteiger partial charge in [0.1, 0.15) is 0 Å². The maximum atomic E-state index is 13.4. The lowest BCUT2D eigenvalue weighted by Gasteiger charge is -2.13. The van der Waals surface area contributed by atoms with E-state index in [1.54, 1.807) is 12.1 Å². The quantitative estimate of drug-likeness (QED) is 0.805. The van der Waals surface area contributed by atoms with Crippen LogP contribution in [0.25, 0.3) is 0 Å². The van der Waals surface area contributed by atoms with Gasteiger partial charge in [-0.15, -0.1) is 0 Å². The average Bonchev–Trinajstić information content (AvgIpc) is 2.15. The van der Waals surface area contributed by atoms with Crippen LogP contribution in [-0.2, 0) is 0 Å². The molecule has 0 aliphatic carbocycles. The second kappa shape index (κ2) is 4.96. The van der Waals surface area contributed by atoms with Gasteiger partial charge in [0.05, 0.1) is 6.61 Å². The largest absolute Gasteiger partial charge is 0.490 e. The molecule has 1 aromatic rings. The predicted octanol–water partition coefficient (Wildman–Crippen LogP) is 2.63. The van der Waals surface area contributed by atoms with Gasteiger partial charge in [0, 0.05) is 11.6 Å². The van der Waals surface area contributed by atoms with Gasteiger partial charge in [-0.25, -0.2) is 4.39 Å². The molecule has 1 aromatic carbocycles. The van der Waals surface area contributed by atoms with Gasteiger partial charge in [0.15, 0.2) is 11.6 Å². The standard InChI is InChI=1S/C11H16FNO/c1-3-7-14-11-9(8(2)13)5-4-6-10(11)12/h4-6,8H,3,7,13H2,1-2H3. The zero-order valence-electron chi connectivity index (χ0n) is 8.59. The summed E-state index contributed by atoms with van der Waals surface area (Å²) >= 11 is 0. The Labute approximate surface area is 83.9 Å². The fourth-order valence-electron chi connectivity index (χ4n) is 1.24. The topological polar surface area (TPSA) is 35.2 Å². The van der Waals surface area contributed by atoms with Crippen LogP contribution in [0.1, 0.15) is 31.9 Å². The first-order valence-electron chi connectivity index (χ1n) is 4.83. The summed E-state index contributed by atoms with van der Waals surface area (Å²) in [6, 6.07) is 4.61. The molecule has 0 heterocycles. The number of hydrogen-bond acceptors (Lipinski definition) is 2. The number of ether oxygens (including phenoxy) is 1. The summed E-state index contributed by atoms with van der Waals surface area (Å²) in [6.45, 7) is 4.31. The molecule has 0 fully saturated rings. The molecule has 78 valence electrons. The molecule has 0 aromatic heterocycles. The van der Waals surface area contributed by atoms with Crippen molar-refractivity contribution in [1.29, 1.82) is 0 Å². The van der Waals surface area contributed by atoms with Crippen molar-refractivity contribution in [3.05, 3.63) is 29.6 Å². The third kappa shape index (κ3) is 2.45. The van der Waals surface area contributed by atoms with E-state index in [1.807, 2.05) is 13.8 Å². The molecular weight excluding hydrogens is 181 g/mol. The molecule has 0 saturated heterocycles. The van der Waals surface area contributed by atoms with Gasteiger partial charge >= 0.3 is 0 Å². The van der Waals surface area contributed by atoms with E-state index in [9.17, 15) is 4.39 Å². The van der Waals surface area contributed by atoms with Crippen molar-refractivity contribution in [3.63, 3.8) is 0 Å². The molecule has 0 aliphatic rings. The number of nitrogens with two attached hydrogens (primary N) is 1. The molecule has 2 nitrogen and oxygen atoms in total. The molecule has 0 aliphatic heterocycles. The number of para-hydroxylation sites is 1. The lowest BCUT2D eigenvalue weighted by Crippen LogP contribution is -2.09. The van der Waals surface area contributed by atoms with E-state index in [4.69, 9.17) is 10.5 Å². The van der Waals surface area contributed by atoms with Crippen LogP contribution in [0.15, 0.2) is 18.2 Å². The molecule has 1 rings (SSSR count). The van der Waals surface area contributed by atoms with Gasteiger partial charge in [0.25, 0.3) is 0 Å². The second-order valence-electron chi connectivity index (χ2n) is 3.30. The minimum atomic E-state index is -0.340. The summed E-state index contributed by atoms with van der Waals surface area (Å²) in [7, 11) is 0. The SMILES string of the molecule is CCCOc1c(F)cccc1C(C)N. The van der Waals surface area contributed by atoms with E-state index in [0.717, 1.165) is 12.0 Å². The fraction of sp³-hybridized carbons (Fsp3) is 0.455. The van der Waals surface area contributed by atoms with Crippen molar-refractivity contribution in [2.24, 2.45) is 5.73 Å².